The number of thiophene rings is 1. The first-order chi connectivity index (χ1) is 8.05. The van der Waals surface area contributed by atoms with E-state index in [1.54, 1.807) is 0 Å². The van der Waals surface area contributed by atoms with Crippen LogP contribution in [0.1, 0.15) is 11.8 Å². The van der Waals surface area contributed by atoms with Crippen molar-refractivity contribution in [2.24, 2.45) is 0 Å². The minimum atomic E-state index is -3.48. The molecule has 1 atom stereocenters. The quantitative estimate of drug-likeness (QED) is 0.806. The molecule has 1 aliphatic heterocycles. The van der Waals surface area contributed by atoms with Gasteiger partial charge in [0, 0.05) is 12.6 Å². The van der Waals surface area contributed by atoms with Gasteiger partial charge in [0.15, 0.2) is 0 Å². The zero-order valence-electron chi connectivity index (χ0n) is 9.29. The van der Waals surface area contributed by atoms with Crippen LogP contribution in [0.3, 0.4) is 0 Å². The van der Waals surface area contributed by atoms with Crippen molar-refractivity contribution in [2.75, 3.05) is 19.8 Å². The molecule has 0 saturated carbocycles. The summed E-state index contributed by atoms with van der Waals surface area (Å²) in [6, 6.07) is 4.80. The average molecular weight is 272 g/mol. The monoisotopic (exact) mass is 272 g/mol. The second-order valence-corrected chi connectivity index (χ2v) is 6.97. The highest BCUT2D eigenvalue weighted by Gasteiger charge is 2.32. The van der Waals surface area contributed by atoms with Crippen molar-refractivity contribution in [3.63, 3.8) is 0 Å². The van der Waals surface area contributed by atoms with Crippen molar-refractivity contribution in [2.45, 2.75) is 17.2 Å². The molecule has 1 saturated heterocycles. The van der Waals surface area contributed by atoms with E-state index in [9.17, 15) is 8.42 Å². The van der Waals surface area contributed by atoms with Crippen LogP contribution in [0.5, 0.6) is 0 Å². The van der Waals surface area contributed by atoms with Crippen LogP contribution in [-0.2, 0) is 14.8 Å². The Kier molecular flexibility index (Phi) is 3.49. The van der Waals surface area contributed by atoms with Crippen molar-refractivity contribution in [1.29, 1.82) is 5.26 Å². The molecule has 7 heteroatoms. The molecule has 1 aromatic heterocycles. The van der Waals surface area contributed by atoms with E-state index in [4.69, 9.17) is 10.00 Å². The molecule has 1 aliphatic rings. The Balaban J connectivity index is 2.32. The molecule has 1 unspecified atom stereocenters. The number of ether oxygens (including phenoxy) is 1. The van der Waals surface area contributed by atoms with Crippen LogP contribution in [0.4, 0.5) is 0 Å². The largest absolute Gasteiger partial charge is 0.378 e. The smallest absolute Gasteiger partial charge is 0.252 e. The maximum atomic E-state index is 12.3. The molecular weight excluding hydrogens is 260 g/mol. The van der Waals surface area contributed by atoms with E-state index in [2.05, 4.69) is 0 Å². The first kappa shape index (κ1) is 12.5. The Bertz CT molecular complexity index is 544. The van der Waals surface area contributed by atoms with Crippen molar-refractivity contribution in [3.8, 4) is 6.07 Å². The Morgan fingerprint density at radius 1 is 1.59 bits per heavy atom. The molecule has 0 aliphatic carbocycles. The molecule has 0 spiro atoms. The zero-order valence-corrected chi connectivity index (χ0v) is 10.9. The van der Waals surface area contributed by atoms with Gasteiger partial charge in [0.25, 0.3) is 10.0 Å². The number of hydrogen-bond acceptors (Lipinski definition) is 5. The third kappa shape index (κ3) is 2.35. The Morgan fingerprint density at radius 2 is 2.35 bits per heavy atom. The van der Waals surface area contributed by atoms with Crippen LogP contribution in [0, 0.1) is 11.3 Å². The summed E-state index contributed by atoms with van der Waals surface area (Å²) >= 11 is 1.00. The molecule has 0 radical (unpaired) electrons. The molecule has 0 amide bonds. The summed E-state index contributed by atoms with van der Waals surface area (Å²) < 4.78 is 31.5. The Morgan fingerprint density at radius 3 is 2.94 bits per heavy atom. The third-order valence-corrected chi connectivity index (χ3v) is 6.03. The van der Waals surface area contributed by atoms with Gasteiger partial charge < -0.3 is 4.74 Å². The Hall–Kier alpha value is -0.940. The number of sulfonamides is 1. The first-order valence-corrected chi connectivity index (χ1v) is 7.41. The molecule has 0 aromatic carbocycles. The molecule has 0 bridgehead atoms. The lowest BCUT2D eigenvalue weighted by Gasteiger charge is -2.31. The van der Waals surface area contributed by atoms with Crippen molar-refractivity contribution < 1.29 is 13.2 Å². The van der Waals surface area contributed by atoms with Gasteiger partial charge in [-0.15, -0.1) is 11.3 Å². The van der Waals surface area contributed by atoms with Crippen LogP contribution in [0.25, 0.3) is 0 Å². The highest BCUT2D eigenvalue weighted by molar-refractivity contribution is 7.91. The standard InChI is InChI=1S/C10H12N2O3S2/c1-8-7-15-5-4-12(8)17(13,14)10-3-2-9(6-11)16-10/h2-3,8H,4-5,7H2,1H3. The van der Waals surface area contributed by atoms with Crippen LogP contribution in [-0.4, -0.2) is 38.5 Å². The van der Waals surface area contributed by atoms with Gasteiger partial charge >= 0.3 is 0 Å². The van der Waals surface area contributed by atoms with Gasteiger partial charge in [-0.25, -0.2) is 8.42 Å². The zero-order chi connectivity index (χ0) is 12.5. The molecule has 5 nitrogen and oxygen atoms in total. The predicted octanol–water partition coefficient (Wildman–Crippen LogP) is 1.03. The molecule has 2 heterocycles. The van der Waals surface area contributed by atoms with Crippen molar-refractivity contribution >= 4 is 21.4 Å². The lowest BCUT2D eigenvalue weighted by atomic mass is 10.3. The Labute approximate surface area is 104 Å². The van der Waals surface area contributed by atoms with Gasteiger partial charge in [0.1, 0.15) is 15.2 Å². The number of nitriles is 1. The van der Waals surface area contributed by atoms with E-state index in [1.165, 1.54) is 16.4 Å². The molecule has 0 N–H and O–H groups in total. The van der Waals surface area contributed by atoms with Gasteiger partial charge in [0.2, 0.25) is 0 Å². The SMILES string of the molecule is CC1COCCN1S(=O)(=O)c1ccc(C#N)s1. The molecule has 1 aromatic rings. The number of nitrogens with zero attached hydrogens (tertiary/aromatic N) is 2. The topological polar surface area (TPSA) is 70.4 Å². The van der Waals surface area contributed by atoms with Crippen LogP contribution < -0.4 is 0 Å². The fourth-order valence-electron chi connectivity index (χ4n) is 1.70. The second-order valence-electron chi connectivity index (χ2n) is 3.77. The highest BCUT2D eigenvalue weighted by atomic mass is 32.2. The van der Waals surface area contributed by atoms with E-state index in [1.807, 2.05) is 13.0 Å². The van der Waals surface area contributed by atoms with E-state index < -0.39 is 10.0 Å². The lowest BCUT2D eigenvalue weighted by molar-refractivity contribution is 0.0393. The predicted molar refractivity (Wildman–Crippen MR) is 63.2 cm³/mol. The molecular formula is C10H12N2O3S2. The number of hydrogen-bond donors (Lipinski definition) is 0. The minimum Gasteiger partial charge on any atom is -0.378 e. The second kappa shape index (κ2) is 4.74. The van der Waals surface area contributed by atoms with E-state index >= 15 is 0 Å². The van der Waals surface area contributed by atoms with Gasteiger partial charge in [-0.3, -0.25) is 0 Å². The number of morpholine rings is 1. The fraction of sp³-hybridized carbons (Fsp3) is 0.500. The summed E-state index contributed by atoms with van der Waals surface area (Å²) in [5.74, 6) is 0. The summed E-state index contributed by atoms with van der Waals surface area (Å²) in [6.07, 6.45) is 0. The van der Waals surface area contributed by atoms with Crippen molar-refractivity contribution in [1.82, 2.24) is 4.31 Å². The van der Waals surface area contributed by atoms with Crippen LogP contribution in [0.2, 0.25) is 0 Å². The van der Waals surface area contributed by atoms with E-state index in [-0.39, 0.29) is 10.3 Å². The lowest BCUT2D eigenvalue weighted by Crippen LogP contribution is -2.46. The third-order valence-electron chi connectivity index (χ3n) is 2.56. The summed E-state index contributed by atoms with van der Waals surface area (Å²) in [7, 11) is -3.48. The summed E-state index contributed by atoms with van der Waals surface area (Å²) in [6.45, 7) is 3.01. The molecule has 17 heavy (non-hydrogen) atoms. The maximum absolute atomic E-state index is 12.3. The molecule has 1 fully saturated rings. The van der Waals surface area contributed by atoms with Crippen molar-refractivity contribution in [3.05, 3.63) is 17.0 Å². The first-order valence-electron chi connectivity index (χ1n) is 5.15. The van der Waals surface area contributed by atoms with Gasteiger partial charge in [-0.05, 0) is 19.1 Å². The summed E-state index contributed by atoms with van der Waals surface area (Å²) in [5, 5.41) is 8.71. The fourth-order valence-corrected chi connectivity index (χ4v) is 4.54. The average Bonchev–Trinajstić information content (AvgIpc) is 2.78. The normalized spacial score (nSPS) is 22.2. The molecule has 2 rings (SSSR count). The summed E-state index contributed by atoms with van der Waals surface area (Å²) in [5.41, 5.74) is 0. The van der Waals surface area contributed by atoms with Gasteiger partial charge in [-0.1, -0.05) is 0 Å². The molecule has 92 valence electrons. The maximum Gasteiger partial charge on any atom is 0.252 e. The van der Waals surface area contributed by atoms with Crippen LogP contribution >= 0.6 is 11.3 Å². The number of rotatable bonds is 2. The van der Waals surface area contributed by atoms with Gasteiger partial charge in [-0.2, -0.15) is 9.57 Å². The summed E-state index contributed by atoms with van der Waals surface area (Å²) in [4.78, 5) is 0.407. The van der Waals surface area contributed by atoms with E-state index in [0.29, 0.717) is 24.6 Å². The van der Waals surface area contributed by atoms with Gasteiger partial charge in [0.05, 0.1) is 13.2 Å². The van der Waals surface area contributed by atoms with Crippen LogP contribution in [0.15, 0.2) is 16.3 Å². The van der Waals surface area contributed by atoms with E-state index in [0.717, 1.165) is 11.3 Å². The minimum absolute atomic E-state index is 0.165. The highest BCUT2D eigenvalue weighted by Crippen LogP contribution is 2.26.